The first kappa shape index (κ1) is 32.4. The molecule has 18 heteroatoms. The molecule has 0 amide bonds. The maximum absolute atomic E-state index is 13.8. The molecule has 3 heterocycles. The third-order valence-corrected chi connectivity index (χ3v) is 7.45. The molecule has 1 aromatic heterocycles. The third-order valence-electron chi connectivity index (χ3n) is 7.45. The van der Waals surface area contributed by atoms with Crippen LogP contribution in [0, 0.1) is 0 Å². The van der Waals surface area contributed by atoms with Gasteiger partial charge in [0.2, 0.25) is 17.5 Å². The maximum Gasteiger partial charge on any atom is 0.239 e. The molecule has 246 valence electrons. The lowest BCUT2D eigenvalue weighted by atomic mass is 9.97. The second-order valence-corrected chi connectivity index (χ2v) is 10.4. The van der Waals surface area contributed by atoms with Crippen LogP contribution in [0.5, 0.6) is 34.5 Å². The fraction of sp³-hybridized carbons (Fsp3) is 0.444. The third kappa shape index (κ3) is 5.79. The quantitative estimate of drug-likeness (QED) is 0.114. The second kappa shape index (κ2) is 12.4. The van der Waals surface area contributed by atoms with Gasteiger partial charge in [-0.2, -0.15) is 0 Å². The van der Waals surface area contributed by atoms with Crippen LogP contribution < -0.4 is 10.2 Å². The first-order valence-electron chi connectivity index (χ1n) is 13.3. The molecule has 45 heavy (non-hydrogen) atoms. The van der Waals surface area contributed by atoms with Gasteiger partial charge in [0.25, 0.3) is 0 Å². The maximum atomic E-state index is 13.8. The topological polar surface area (TPSA) is 310 Å². The van der Waals surface area contributed by atoms with Crippen molar-refractivity contribution >= 4 is 11.0 Å². The zero-order valence-electron chi connectivity index (χ0n) is 22.8. The lowest BCUT2D eigenvalue weighted by molar-refractivity contribution is -0.358. The molecule has 0 aliphatic carbocycles. The van der Waals surface area contributed by atoms with Crippen molar-refractivity contribution in [3.05, 3.63) is 34.5 Å². The van der Waals surface area contributed by atoms with Gasteiger partial charge in [0.05, 0.1) is 13.2 Å². The van der Waals surface area contributed by atoms with Crippen LogP contribution in [0.3, 0.4) is 0 Å². The van der Waals surface area contributed by atoms with Gasteiger partial charge in [-0.15, -0.1) is 0 Å². The molecule has 5 rings (SSSR count). The van der Waals surface area contributed by atoms with Gasteiger partial charge in [0.15, 0.2) is 35.4 Å². The summed E-state index contributed by atoms with van der Waals surface area (Å²) in [6.45, 7) is -1.74. The predicted molar refractivity (Wildman–Crippen MR) is 143 cm³/mol. The Morgan fingerprint density at radius 2 is 1.27 bits per heavy atom. The fourth-order valence-corrected chi connectivity index (χ4v) is 5.05. The highest BCUT2D eigenvalue weighted by Gasteiger charge is 2.51. The number of rotatable bonds is 7. The summed E-state index contributed by atoms with van der Waals surface area (Å²) in [6, 6.07) is 3.47. The van der Waals surface area contributed by atoms with Crippen LogP contribution in [0.1, 0.15) is 0 Å². The molecule has 0 unspecified atom stereocenters. The van der Waals surface area contributed by atoms with Crippen molar-refractivity contribution < 1.29 is 84.6 Å². The number of hydrogen-bond donors (Lipinski definition) is 12. The van der Waals surface area contributed by atoms with E-state index < -0.39 is 131 Å². The Balaban J connectivity index is 1.63. The van der Waals surface area contributed by atoms with Crippen LogP contribution in [0.4, 0.5) is 0 Å². The largest absolute Gasteiger partial charge is 0.508 e. The molecule has 2 saturated heterocycles. The van der Waals surface area contributed by atoms with Gasteiger partial charge in [-0.25, -0.2) is 0 Å². The van der Waals surface area contributed by atoms with Crippen molar-refractivity contribution in [1.29, 1.82) is 0 Å². The molecule has 0 radical (unpaired) electrons. The first-order chi connectivity index (χ1) is 21.3. The predicted octanol–water partition coefficient (Wildman–Crippen LogP) is -3.01. The average molecular weight is 643 g/mol. The van der Waals surface area contributed by atoms with Gasteiger partial charge < -0.3 is 84.6 Å². The van der Waals surface area contributed by atoms with Crippen molar-refractivity contribution in [2.24, 2.45) is 0 Å². The number of hydrogen-bond acceptors (Lipinski definition) is 18. The van der Waals surface area contributed by atoms with E-state index >= 15 is 0 Å². The van der Waals surface area contributed by atoms with E-state index in [4.69, 9.17) is 23.4 Å². The molecule has 10 atom stereocenters. The minimum absolute atomic E-state index is 0.305. The Kier molecular flexibility index (Phi) is 8.97. The highest BCUT2D eigenvalue weighted by atomic mass is 16.8. The number of fused-ring (bicyclic) bond motifs is 1. The summed E-state index contributed by atoms with van der Waals surface area (Å²) in [6.07, 6.45) is -18.4. The van der Waals surface area contributed by atoms with Crippen molar-refractivity contribution in [1.82, 2.24) is 0 Å². The molecule has 2 aromatic carbocycles. The second-order valence-electron chi connectivity index (χ2n) is 10.4. The van der Waals surface area contributed by atoms with Gasteiger partial charge in [-0.05, 0) is 12.1 Å². The molecular weight excluding hydrogens is 612 g/mol. The van der Waals surface area contributed by atoms with Gasteiger partial charge in [-0.3, -0.25) is 4.79 Å². The normalized spacial score (nSPS) is 32.1. The van der Waals surface area contributed by atoms with Crippen molar-refractivity contribution in [3.8, 4) is 45.8 Å². The van der Waals surface area contributed by atoms with Gasteiger partial charge in [0, 0.05) is 17.7 Å². The van der Waals surface area contributed by atoms with Crippen LogP contribution in [-0.2, 0) is 14.2 Å². The lowest BCUT2D eigenvalue weighted by Gasteiger charge is -2.45. The summed E-state index contributed by atoms with van der Waals surface area (Å²) in [5.41, 5.74) is -1.86. The van der Waals surface area contributed by atoms with Crippen LogP contribution in [0.15, 0.2) is 33.5 Å². The Morgan fingerprint density at radius 1 is 0.689 bits per heavy atom. The molecule has 0 spiro atoms. The zero-order chi connectivity index (χ0) is 32.9. The summed E-state index contributed by atoms with van der Waals surface area (Å²) >= 11 is 0. The van der Waals surface area contributed by atoms with E-state index in [0.29, 0.717) is 0 Å². The molecular formula is C27H30O18. The smallest absolute Gasteiger partial charge is 0.239 e. The summed E-state index contributed by atoms with van der Waals surface area (Å²) in [5, 5.41) is 121. The van der Waals surface area contributed by atoms with Gasteiger partial charge in [-0.1, -0.05) is 0 Å². The minimum Gasteiger partial charge on any atom is -0.508 e. The number of ether oxygens (including phenoxy) is 4. The molecule has 18 nitrogen and oxygen atoms in total. The molecule has 0 saturated carbocycles. The number of phenolic OH excluding ortho intramolecular Hbond substituents is 5. The summed E-state index contributed by atoms with van der Waals surface area (Å²) in [5.74, 6) is -5.39. The molecule has 0 bridgehead atoms. The van der Waals surface area contributed by atoms with Crippen LogP contribution in [0.2, 0.25) is 0 Å². The van der Waals surface area contributed by atoms with E-state index in [0.717, 1.165) is 24.3 Å². The van der Waals surface area contributed by atoms with E-state index in [9.17, 15) is 66.1 Å². The molecule has 2 aliphatic rings. The van der Waals surface area contributed by atoms with Crippen LogP contribution in [0.25, 0.3) is 22.3 Å². The van der Waals surface area contributed by atoms with Crippen molar-refractivity contribution in [3.63, 3.8) is 0 Å². The molecule has 3 aromatic rings. The Hall–Kier alpha value is -3.95. The van der Waals surface area contributed by atoms with Gasteiger partial charge >= 0.3 is 0 Å². The fourth-order valence-electron chi connectivity index (χ4n) is 5.05. The molecule has 2 fully saturated rings. The SMILES string of the molecule is O=c1c(O[C@H]2O[C@@H](CO)[C@H](O)[C@@H](O)[C@@H]2O[C@H]2O[C@@H](CO)[C@H](O)[C@@H](O)[C@@H]2O)c(-c2cc(O)c(O)c(O)c2)oc2cc(O)cc(O)c12. The lowest BCUT2D eigenvalue weighted by Crippen LogP contribution is -2.65. The van der Waals surface area contributed by atoms with E-state index in [1.54, 1.807) is 0 Å². The van der Waals surface area contributed by atoms with Crippen LogP contribution >= 0.6 is 0 Å². The Morgan fingerprint density at radius 3 is 1.87 bits per heavy atom. The average Bonchev–Trinajstić information content (AvgIpc) is 2.99. The monoisotopic (exact) mass is 642 g/mol. The number of aliphatic hydroxyl groups excluding tert-OH is 7. The highest BCUT2D eigenvalue weighted by Crippen LogP contribution is 2.43. The van der Waals surface area contributed by atoms with E-state index in [2.05, 4.69) is 0 Å². The zero-order valence-corrected chi connectivity index (χ0v) is 22.8. The van der Waals surface area contributed by atoms with Crippen molar-refractivity contribution in [2.75, 3.05) is 13.2 Å². The summed E-state index contributed by atoms with van der Waals surface area (Å²) in [7, 11) is 0. The van der Waals surface area contributed by atoms with E-state index in [1.807, 2.05) is 0 Å². The van der Waals surface area contributed by atoms with Gasteiger partial charge in [0.1, 0.15) is 65.2 Å². The number of benzene rings is 2. The standard InChI is InChI=1S/C27H30O18/c28-5-13-17(35)20(38)22(40)26(42-13)45-25-21(39)18(36)14(6-29)43-27(25)44-24-19(37)15-9(31)3-8(30)4-12(15)41-23(24)7-1-10(32)16(34)11(33)2-7/h1-4,13-14,17-18,20-22,25-36,38-40H,5-6H2/t13-,14-,17-,18-,20+,21+,22-,25-,26+,27+/m0/s1. The summed E-state index contributed by atoms with van der Waals surface area (Å²) in [4.78, 5) is 13.8. The Labute approximate surface area is 250 Å². The Bertz CT molecular complexity index is 1580. The van der Waals surface area contributed by atoms with Crippen LogP contribution in [-0.4, -0.2) is 136 Å². The van der Waals surface area contributed by atoms with E-state index in [-0.39, 0.29) is 5.56 Å². The highest BCUT2D eigenvalue weighted by molar-refractivity contribution is 5.88. The number of phenols is 5. The first-order valence-corrected chi connectivity index (χ1v) is 13.3. The summed E-state index contributed by atoms with van der Waals surface area (Å²) < 4.78 is 28.0. The van der Waals surface area contributed by atoms with Crippen molar-refractivity contribution in [2.45, 2.75) is 61.4 Å². The minimum atomic E-state index is -2.02. The van der Waals surface area contributed by atoms with E-state index in [1.165, 1.54) is 0 Å². The number of aliphatic hydroxyl groups is 7. The molecule has 2 aliphatic heterocycles. The molecule has 12 N–H and O–H groups in total. The number of aromatic hydroxyl groups is 5.